The summed E-state index contributed by atoms with van der Waals surface area (Å²) in [7, 11) is 0. The van der Waals surface area contributed by atoms with Crippen molar-refractivity contribution in [2.75, 3.05) is 19.7 Å². The van der Waals surface area contributed by atoms with Crippen molar-refractivity contribution in [1.29, 1.82) is 0 Å². The predicted molar refractivity (Wildman–Crippen MR) is 70.6 cm³/mol. The summed E-state index contributed by atoms with van der Waals surface area (Å²) in [5.74, 6) is -0.990. The van der Waals surface area contributed by atoms with Crippen molar-refractivity contribution in [2.45, 2.75) is 18.9 Å². The molecule has 0 aliphatic carbocycles. The number of ether oxygens (including phenoxy) is 1. The van der Waals surface area contributed by atoms with Gasteiger partial charge in [0.1, 0.15) is 12.3 Å². The zero-order valence-electron chi connectivity index (χ0n) is 11.1. The van der Waals surface area contributed by atoms with Gasteiger partial charge in [0, 0.05) is 19.3 Å². The van der Waals surface area contributed by atoms with Crippen LogP contribution in [0, 0.1) is 0 Å². The summed E-state index contributed by atoms with van der Waals surface area (Å²) in [6.07, 6.45) is 3.96. The third kappa shape index (κ3) is 2.98. The van der Waals surface area contributed by atoms with Crippen LogP contribution in [0.25, 0.3) is 0 Å². The van der Waals surface area contributed by atoms with Gasteiger partial charge >= 0.3 is 12.1 Å². The molecule has 0 atom stereocenters. The normalized spacial score (nSPS) is 15.9. The first-order valence-corrected chi connectivity index (χ1v) is 6.43. The number of carboxylic acids is 1. The van der Waals surface area contributed by atoms with Gasteiger partial charge in [0.2, 0.25) is 0 Å². The molecule has 0 saturated carbocycles. The average Bonchev–Trinajstić information content (AvgIpc) is 2.94. The lowest BCUT2D eigenvalue weighted by molar-refractivity contribution is 0.0668. The van der Waals surface area contributed by atoms with Gasteiger partial charge in [-0.05, 0) is 18.9 Å². The summed E-state index contributed by atoms with van der Waals surface area (Å²) >= 11 is 0. The van der Waals surface area contributed by atoms with Gasteiger partial charge in [-0.2, -0.15) is 5.10 Å². The van der Waals surface area contributed by atoms with E-state index in [-0.39, 0.29) is 24.4 Å². The molecule has 1 N–H and O–H groups in total. The second kappa shape index (κ2) is 6.23. The predicted octanol–water partition coefficient (Wildman–Crippen LogP) is 1.54. The van der Waals surface area contributed by atoms with E-state index in [1.54, 1.807) is 4.90 Å². The fourth-order valence-electron chi connectivity index (χ4n) is 2.29. The molecule has 1 aromatic heterocycles. The zero-order chi connectivity index (χ0) is 14.5. The van der Waals surface area contributed by atoms with E-state index in [1.165, 1.54) is 23.0 Å². The number of amides is 1. The van der Waals surface area contributed by atoms with Gasteiger partial charge in [-0.1, -0.05) is 12.7 Å². The minimum absolute atomic E-state index is 0.000413. The Morgan fingerprint density at radius 2 is 2.20 bits per heavy atom. The number of carbonyl (C=O) groups excluding carboxylic acids is 1. The summed E-state index contributed by atoms with van der Waals surface area (Å²) in [4.78, 5) is 24.3. The van der Waals surface area contributed by atoms with Crippen LogP contribution in [0.3, 0.4) is 0 Å². The quantitative estimate of drug-likeness (QED) is 0.845. The van der Waals surface area contributed by atoms with Crippen LogP contribution in [0.15, 0.2) is 24.9 Å². The molecule has 0 aromatic carbocycles. The van der Waals surface area contributed by atoms with Crippen molar-refractivity contribution in [3.8, 4) is 0 Å². The van der Waals surface area contributed by atoms with Gasteiger partial charge < -0.3 is 14.7 Å². The largest absolute Gasteiger partial charge is 0.477 e. The van der Waals surface area contributed by atoms with Crippen LogP contribution in [-0.4, -0.2) is 51.5 Å². The lowest BCUT2D eigenvalue weighted by atomic mass is 10.1. The number of nitrogens with zero attached hydrogens (tertiary/aromatic N) is 3. The molecule has 1 saturated heterocycles. The number of aromatic carboxylic acids is 1. The Labute approximate surface area is 116 Å². The Morgan fingerprint density at radius 1 is 1.50 bits per heavy atom. The topological polar surface area (TPSA) is 84.7 Å². The number of carboxylic acid groups (broad SMARTS) is 1. The highest BCUT2D eigenvalue weighted by Crippen LogP contribution is 2.23. The third-order valence-corrected chi connectivity index (χ3v) is 3.28. The van der Waals surface area contributed by atoms with Crippen LogP contribution in [-0.2, 0) is 4.74 Å². The number of piperidine rings is 1. The molecule has 0 bridgehead atoms. The second-order valence-electron chi connectivity index (χ2n) is 4.55. The van der Waals surface area contributed by atoms with Crippen molar-refractivity contribution >= 4 is 12.1 Å². The number of hydrogen-bond donors (Lipinski definition) is 1. The molecule has 1 aliphatic heterocycles. The molecule has 2 rings (SSSR count). The molecule has 108 valence electrons. The molecular formula is C13H17N3O4. The number of aromatic nitrogens is 2. The van der Waals surface area contributed by atoms with E-state index in [0.29, 0.717) is 25.9 Å². The van der Waals surface area contributed by atoms with E-state index in [2.05, 4.69) is 11.7 Å². The molecule has 2 heterocycles. The maximum atomic E-state index is 11.7. The molecule has 0 unspecified atom stereocenters. The van der Waals surface area contributed by atoms with Crippen LogP contribution < -0.4 is 0 Å². The molecule has 20 heavy (non-hydrogen) atoms. The van der Waals surface area contributed by atoms with Crippen molar-refractivity contribution < 1.29 is 19.4 Å². The summed E-state index contributed by atoms with van der Waals surface area (Å²) < 4.78 is 6.49. The lowest BCUT2D eigenvalue weighted by Crippen LogP contribution is -2.40. The first-order valence-electron chi connectivity index (χ1n) is 6.43. The molecule has 7 nitrogen and oxygen atoms in total. The Balaban J connectivity index is 1.94. The molecule has 1 aliphatic rings. The van der Waals surface area contributed by atoms with Gasteiger partial charge in [-0.3, -0.25) is 4.68 Å². The smallest absolute Gasteiger partial charge is 0.410 e. The van der Waals surface area contributed by atoms with Gasteiger partial charge in [0.25, 0.3) is 0 Å². The van der Waals surface area contributed by atoms with E-state index in [9.17, 15) is 9.59 Å². The van der Waals surface area contributed by atoms with Crippen LogP contribution in [0.1, 0.15) is 29.4 Å². The van der Waals surface area contributed by atoms with Gasteiger partial charge in [0.15, 0.2) is 0 Å². The Kier molecular flexibility index (Phi) is 4.39. The summed E-state index contributed by atoms with van der Waals surface area (Å²) in [5.41, 5.74) is 0.178. The van der Waals surface area contributed by atoms with Crippen LogP contribution in [0.2, 0.25) is 0 Å². The summed E-state index contributed by atoms with van der Waals surface area (Å²) in [6, 6.07) is 1.48. The maximum absolute atomic E-state index is 11.7. The van der Waals surface area contributed by atoms with Crippen LogP contribution in [0.4, 0.5) is 4.79 Å². The summed E-state index contributed by atoms with van der Waals surface area (Å²) in [5, 5.41) is 13.1. The average molecular weight is 279 g/mol. The summed E-state index contributed by atoms with van der Waals surface area (Å²) in [6.45, 7) is 4.74. The highest BCUT2D eigenvalue weighted by Gasteiger charge is 2.27. The van der Waals surface area contributed by atoms with E-state index in [4.69, 9.17) is 9.84 Å². The molecule has 1 aromatic rings. The molecular weight excluding hydrogens is 262 g/mol. The fraction of sp³-hybridized carbons (Fsp3) is 0.462. The van der Waals surface area contributed by atoms with E-state index in [0.717, 1.165) is 0 Å². The van der Waals surface area contributed by atoms with Crippen LogP contribution in [0.5, 0.6) is 0 Å². The highest BCUT2D eigenvalue weighted by atomic mass is 16.6. The van der Waals surface area contributed by atoms with E-state index in [1.807, 2.05) is 0 Å². The fourth-order valence-corrected chi connectivity index (χ4v) is 2.29. The Hall–Kier alpha value is -2.31. The molecule has 1 amide bonds. The maximum Gasteiger partial charge on any atom is 0.410 e. The van der Waals surface area contributed by atoms with Gasteiger partial charge in [-0.15, -0.1) is 0 Å². The van der Waals surface area contributed by atoms with Crippen molar-refractivity contribution in [3.05, 3.63) is 30.6 Å². The van der Waals surface area contributed by atoms with E-state index >= 15 is 0 Å². The highest BCUT2D eigenvalue weighted by molar-refractivity contribution is 5.85. The first kappa shape index (κ1) is 14.1. The molecule has 1 fully saturated rings. The van der Waals surface area contributed by atoms with Crippen LogP contribution >= 0.6 is 0 Å². The van der Waals surface area contributed by atoms with Gasteiger partial charge in [-0.25, -0.2) is 9.59 Å². The lowest BCUT2D eigenvalue weighted by Gasteiger charge is -2.31. The minimum atomic E-state index is -0.990. The van der Waals surface area contributed by atoms with Crippen molar-refractivity contribution in [3.63, 3.8) is 0 Å². The molecule has 0 radical (unpaired) electrons. The Bertz CT molecular complexity index is 503. The standard InChI is InChI=1S/C13H17N3O4/c1-2-9-20-13(19)15-7-4-10(5-8-15)16-11(12(17)18)3-6-14-16/h2-3,6,10H,1,4-5,7-9H2,(H,17,18). The Morgan fingerprint density at radius 3 is 2.80 bits per heavy atom. The number of carbonyl (C=O) groups is 2. The SMILES string of the molecule is C=CCOC(=O)N1CCC(n2nccc2C(=O)O)CC1. The number of hydrogen-bond acceptors (Lipinski definition) is 4. The third-order valence-electron chi connectivity index (χ3n) is 3.28. The van der Waals surface area contributed by atoms with E-state index < -0.39 is 5.97 Å². The number of likely N-dealkylation sites (tertiary alicyclic amines) is 1. The van der Waals surface area contributed by atoms with Crippen molar-refractivity contribution in [2.24, 2.45) is 0 Å². The number of rotatable bonds is 4. The monoisotopic (exact) mass is 279 g/mol. The van der Waals surface area contributed by atoms with Gasteiger partial charge in [0.05, 0.1) is 6.04 Å². The minimum Gasteiger partial charge on any atom is -0.477 e. The first-order chi connectivity index (χ1) is 9.63. The zero-order valence-corrected chi connectivity index (χ0v) is 11.1. The van der Waals surface area contributed by atoms with Crippen molar-refractivity contribution in [1.82, 2.24) is 14.7 Å². The second-order valence-corrected chi connectivity index (χ2v) is 4.55. The molecule has 0 spiro atoms. The molecule has 7 heteroatoms.